The molecule has 1 aromatic heterocycles. The number of ether oxygens (including phenoxy) is 2. The summed E-state index contributed by atoms with van der Waals surface area (Å²) in [5.41, 5.74) is 3.09. The van der Waals surface area contributed by atoms with Crippen LogP contribution in [-0.2, 0) is 13.1 Å². The average Bonchev–Trinajstić information content (AvgIpc) is 3.20. The van der Waals surface area contributed by atoms with E-state index < -0.39 is 0 Å². The van der Waals surface area contributed by atoms with Crippen LogP contribution in [0.4, 0.5) is 5.69 Å². The Kier molecular flexibility index (Phi) is 5.30. The number of benzene rings is 2. The van der Waals surface area contributed by atoms with Gasteiger partial charge in [-0.1, -0.05) is 35.9 Å². The highest BCUT2D eigenvalue weighted by molar-refractivity contribution is 6.31. The molecule has 6 nitrogen and oxygen atoms in total. The van der Waals surface area contributed by atoms with Crippen molar-refractivity contribution in [3.63, 3.8) is 0 Å². The van der Waals surface area contributed by atoms with Crippen molar-refractivity contribution in [2.75, 3.05) is 12.1 Å². The van der Waals surface area contributed by atoms with Crippen LogP contribution in [0.1, 0.15) is 21.6 Å². The van der Waals surface area contributed by atoms with E-state index in [-0.39, 0.29) is 12.7 Å². The van der Waals surface area contributed by atoms with Gasteiger partial charge in [0.15, 0.2) is 11.5 Å². The number of hydrogen-bond acceptors (Lipinski definition) is 5. The van der Waals surface area contributed by atoms with Crippen LogP contribution in [0.5, 0.6) is 11.5 Å². The predicted molar refractivity (Wildman–Crippen MR) is 107 cm³/mol. The third kappa shape index (κ3) is 4.18. The average molecular weight is 396 g/mol. The third-order valence-corrected chi connectivity index (χ3v) is 4.70. The molecule has 142 valence electrons. The van der Waals surface area contributed by atoms with Gasteiger partial charge in [0.2, 0.25) is 6.79 Å². The van der Waals surface area contributed by atoms with Crippen molar-refractivity contribution in [3.8, 4) is 11.5 Å². The number of amides is 1. The summed E-state index contributed by atoms with van der Waals surface area (Å²) in [7, 11) is 0. The van der Waals surface area contributed by atoms with Gasteiger partial charge in [-0.05, 0) is 41.5 Å². The lowest BCUT2D eigenvalue weighted by atomic mass is 10.2. The van der Waals surface area contributed by atoms with Gasteiger partial charge < -0.3 is 20.1 Å². The summed E-state index contributed by atoms with van der Waals surface area (Å²) in [5, 5.41) is 6.72. The number of carbonyl (C=O) groups excluding carboxylic acids is 1. The fraction of sp³-hybridized carbons (Fsp3) is 0.143. The zero-order chi connectivity index (χ0) is 19.3. The summed E-state index contributed by atoms with van der Waals surface area (Å²) in [6.45, 7) is 1.22. The number of aromatic nitrogens is 1. The van der Waals surface area contributed by atoms with Crippen molar-refractivity contribution in [3.05, 3.63) is 82.6 Å². The van der Waals surface area contributed by atoms with Crippen LogP contribution in [0, 0.1) is 0 Å². The van der Waals surface area contributed by atoms with Gasteiger partial charge in [0, 0.05) is 18.1 Å². The van der Waals surface area contributed by atoms with E-state index in [9.17, 15) is 4.79 Å². The van der Waals surface area contributed by atoms with Gasteiger partial charge in [-0.3, -0.25) is 4.79 Å². The van der Waals surface area contributed by atoms with Crippen molar-refractivity contribution in [1.29, 1.82) is 0 Å². The standard InChI is InChI=1S/C21H18ClN3O3/c22-17-4-2-1-3-15(17)11-25-21(26)18-7-6-16(12-24-18)23-10-14-5-8-19-20(9-14)28-13-27-19/h1-9,12,23H,10-11,13H2,(H,25,26). The Balaban J connectivity index is 1.32. The molecule has 1 amide bonds. The molecule has 0 fully saturated rings. The van der Waals surface area contributed by atoms with E-state index in [2.05, 4.69) is 15.6 Å². The largest absolute Gasteiger partial charge is 0.454 e. The second-order valence-electron chi connectivity index (χ2n) is 6.25. The molecular formula is C21H18ClN3O3. The number of anilines is 1. The molecule has 1 aliphatic rings. The van der Waals surface area contributed by atoms with Gasteiger partial charge in [0.05, 0.1) is 11.9 Å². The normalized spacial score (nSPS) is 11.9. The smallest absolute Gasteiger partial charge is 0.270 e. The van der Waals surface area contributed by atoms with Gasteiger partial charge in [-0.2, -0.15) is 0 Å². The highest BCUT2D eigenvalue weighted by Crippen LogP contribution is 2.32. The molecule has 7 heteroatoms. The van der Waals surface area contributed by atoms with Crippen LogP contribution in [0.25, 0.3) is 0 Å². The molecule has 0 saturated heterocycles. The predicted octanol–water partition coefficient (Wildman–Crippen LogP) is 4.01. The summed E-state index contributed by atoms with van der Waals surface area (Å²) in [6.07, 6.45) is 1.64. The molecule has 2 aromatic carbocycles. The lowest BCUT2D eigenvalue weighted by molar-refractivity contribution is 0.0946. The third-order valence-electron chi connectivity index (χ3n) is 4.33. The van der Waals surface area contributed by atoms with E-state index in [1.165, 1.54) is 0 Å². The van der Waals surface area contributed by atoms with Crippen LogP contribution in [-0.4, -0.2) is 17.7 Å². The molecule has 1 aliphatic heterocycles. The summed E-state index contributed by atoms with van der Waals surface area (Å²) >= 11 is 6.10. The first-order valence-corrected chi connectivity index (χ1v) is 9.17. The molecule has 0 spiro atoms. The topological polar surface area (TPSA) is 72.5 Å². The maximum absolute atomic E-state index is 12.3. The molecule has 2 N–H and O–H groups in total. The van der Waals surface area contributed by atoms with E-state index in [1.54, 1.807) is 18.3 Å². The van der Waals surface area contributed by atoms with Crippen molar-refractivity contribution in [1.82, 2.24) is 10.3 Å². The zero-order valence-corrected chi connectivity index (χ0v) is 15.7. The van der Waals surface area contributed by atoms with Crippen LogP contribution in [0.2, 0.25) is 5.02 Å². The lowest BCUT2D eigenvalue weighted by Crippen LogP contribution is -2.23. The van der Waals surface area contributed by atoms with Crippen LogP contribution in [0.3, 0.4) is 0 Å². The van der Waals surface area contributed by atoms with Crippen molar-refractivity contribution >= 4 is 23.2 Å². The van der Waals surface area contributed by atoms with Crippen molar-refractivity contribution in [2.24, 2.45) is 0 Å². The highest BCUT2D eigenvalue weighted by atomic mass is 35.5. The lowest BCUT2D eigenvalue weighted by Gasteiger charge is -2.09. The molecule has 2 heterocycles. The molecule has 28 heavy (non-hydrogen) atoms. The number of rotatable bonds is 6. The van der Waals surface area contributed by atoms with Crippen LogP contribution >= 0.6 is 11.6 Å². The Hall–Kier alpha value is -3.25. The fourth-order valence-corrected chi connectivity index (χ4v) is 3.00. The first-order chi connectivity index (χ1) is 13.7. The van der Waals surface area contributed by atoms with Crippen molar-refractivity contribution < 1.29 is 14.3 Å². The van der Waals surface area contributed by atoms with Gasteiger partial charge in [0.25, 0.3) is 5.91 Å². The second-order valence-corrected chi connectivity index (χ2v) is 6.65. The minimum atomic E-state index is -0.248. The number of pyridine rings is 1. The molecular weight excluding hydrogens is 378 g/mol. The Bertz CT molecular complexity index is 992. The quantitative estimate of drug-likeness (QED) is 0.659. The first kappa shape index (κ1) is 18.1. The Morgan fingerprint density at radius 2 is 1.89 bits per heavy atom. The van der Waals surface area contributed by atoms with Gasteiger partial charge in [-0.25, -0.2) is 4.98 Å². The second kappa shape index (κ2) is 8.19. The fourth-order valence-electron chi connectivity index (χ4n) is 2.80. The number of carbonyl (C=O) groups is 1. The molecule has 0 saturated carbocycles. The molecule has 0 radical (unpaired) electrons. The van der Waals surface area contributed by atoms with Crippen molar-refractivity contribution in [2.45, 2.75) is 13.1 Å². The molecule has 0 atom stereocenters. The zero-order valence-electron chi connectivity index (χ0n) is 14.9. The Morgan fingerprint density at radius 1 is 1.04 bits per heavy atom. The molecule has 0 aliphatic carbocycles. The number of nitrogens with one attached hydrogen (secondary N) is 2. The number of nitrogens with zero attached hydrogens (tertiary/aromatic N) is 1. The SMILES string of the molecule is O=C(NCc1ccccc1Cl)c1ccc(NCc2ccc3c(c2)OCO3)cn1. The summed E-state index contributed by atoms with van der Waals surface area (Å²) in [6, 6.07) is 16.7. The maximum atomic E-state index is 12.3. The van der Waals surface area contributed by atoms with E-state index in [0.29, 0.717) is 23.8 Å². The Labute approximate surface area is 167 Å². The molecule has 0 unspecified atom stereocenters. The minimum absolute atomic E-state index is 0.248. The monoisotopic (exact) mass is 395 g/mol. The number of fused-ring (bicyclic) bond motifs is 1. The summed E-state index contributed by atoms with van der Waals surface area (Å²) < 4.78 is 10.7. The van der Waals surface area contributed by atoms with E-state index >= 15 is 0 Å². The first-order valence-electron chi connectivity index (χ1n) is 8.79. The minimum Gasteiger partial charge on any atom is -0.454 e. The van der Waals surface area contributed by atoms with Gasteiger partial charge in [0.1, 0.15) is 5.69 Å². The molecule has 3 aromatic rings. The molecule has 0 bridgehead atoms. The number of hydrogen-bond donors (Lipinski definition) is 2. The highest BCUT2D eigenvalue weighted by Gasteiger charge is 2.13. The Morgan fingerprint density at radius 3 is 2.71 bits per heavy atom. The van der Waals surface area contributed by atoms with E-state index in [4.69, 9.17) is 21.1 Å². The number of halogens is 1. The van der Waals surface area contributed by atoms with E-state index in [0.717, 1.165) is 28.3 Å². The maximum Gasteiger partial charge on any atom is 0.270 e. The summed E-state index contributed by atoms with van der Waals surface area (Å²) in [4.78, 5) is 16.5. The van der Waals surface area contributed by atoms with Gasteiger partial charge in [-0.15, -0.1) is 0 Å². The van der Waals surface area contributed by atoms with Crippen LogP contribution < -0.4 is 20.1 Å². The van der Waals surface area contributed by atoms with Gasteiger partial charge >= 0.3 is 0 Å². The molecule has 4 rings (SSSR count). The summed E-state index contributed by atoms with van der Waals surface area (Å²) in [5.74, 6) is 1.27. The van der Waals surface area contributed by atoms with E-state index in [1.807, 2.05) is 42.5 Å². The van der Waals surface area contributed by atoms with Crippen LogP contribution in [0.15, 0.2) is 60.8 Å².